The van der Waals surface area contributed by atoms with Crippen LogP contribution >= 0.6 is 0 Å². The van der Waals surface area contributed by atoms with Gasteiger partial charge in [0.1, 0.15) is 11.2 Å². The number of hydrogen-bond donors (Lipinski definition) is 1. The van der Waals surface area contributed by atoms with E-state index in [1.165, 1.54) is 6.07 Å². The van der Waals surface area contributed by atoms with Crippen molar-refractivity contribution in [3.63, 3.8) is 0 Å². The Kier molecular flexibility index (Phi) is 3.87. The number of hydrogen-bond acceptors (Lipinski definition) is 3. The average molecular weight is 267 g/mol. The second-order valence-corrected chi connectivity index (χ2v) is 5.33. The van der Waals surface area contributed by atoms with Crippen LogP contribution in [0.5, 0.6) is 0 Å². The first-order valence-corrected chi connectivity index (χ1v) is 6.18. The molecular weight excluding hydrogens is 249 g/mol. The summed E-state index contributed by atoms with van der Waals surface area (Å²) in [6.07, 6.45) is 0. The van der Waals surface area contributed by atoms with E-state index < -0.39 is 11.4 Å². The number of carboxylic acids is 1. The third-order valence-corrected chi connectivity index (χ3v) is 3.46. The minimum atomic E-state index is -0.819. The number of halogens is 1. The van der Waals surface area contributed by atoms with Gasteiger partial charge in [0.2, 0.25) is 0 Å². The quantitative estimate of drug-likeness (QED) is 0.881. The van der Waals surface area contributed by atoms with Crippen molar-refractivity contribution in [2.45, 2.75) is 13.5 Å². The molecule has 4 nitrogen and oxygen atoms in total. The third kappa shape index (κ3) is 2.93. The standard InChI is InChI=1S/C14H18FNO3/c1-10-5-11(3-4-12(10)15)6-16(2)7-14(13(17)18)8-19-9-14/h3-5H,6-9H2,1-2H3,(H,17,18). The Labute approximate surface area is 111 Å². The molecule has 0 amide bonds. The van der Waals surface area contributed by atoms with Crippen molar-refractivity contribution in [3.8, 4) is 0 Å². The summed E-state index contributed by atoms with van der Waals surface area (Å²) in [5, 5.41) is 9.22. The lowest BCUT2D eigenvalue weighted by molar-refractivity contribution is -0.183. The fraction of sp³-hybridized carbons (Fsp3) is 0.500. The summed E-state index contributed by atoms with van der Waals surface area (Å²) in [4.78, 5) is 13.2. The van der Waals surface area contributed by atoms with E-state index in [2.05, 4.69) is 0 Å². The van der Waals surface area contributed by atoms with Crippen LogP contribution in [0.2, 0.25) is 0 Å². The van der Waals surface area contributed by atoms with Gasteiger partial charge < -0.3 is 14.7 Å². The summed E-state index contributed by atoms with van der Waals surface area (Å²) in [7, 11) is 1.86. The first kappa shape index (κ1) is 14.0. The predicted octanol–water partition coefficient (Wildman–Crippen LogP) is 1.67. The van der Waals surface area contributed by atoms with Crippen molar-refractivity contribution in [2.24, 2.45) is 5.41 Å². The zero-order chi connectivity index (χ0) is 14.0. The molecule has 1 aliphatic rings. The highest BCUT2D eigenvalue weighted by molar-refractivity contribution is 5.76. The Hall–Kier alpha value is -1.46. The number of aryl methyl sites for hydroxylation is 1. The first-order chi connectivity index (χ1) is 8.93. The minimum Gasteiger partial charge on any atom is -0.481 e. The van der Waals surface area contributed by atoms with Crippen LogP contribution in [0.15, 0.2) is 18.2 Å². The first-order valence-electron chi connectivity index (χ1n) is 6.18. The predicted molar refractivity (Wildman–Crippen MR) is 68.4 cm³/mol. The maximum atomic E-state index is 13.2. The highest BCUT2D eigenvalue weighted by atomic mass is 19.1. The van der Waals surface area contributed by atoms with Crippen molar-refractivity contribution in [3.05, 3.63) is 35.1 Å². The molecule has 1 saturated heterocycles. The Bertz CT molecular complexity index is 486. The van der Waals surface area contributed by atoms with Gasteiger partial charge in [-0.3, -0.25) is 4.79 Å². The number of ether oxygens (including phenoxy) is 1. The Morgan fingerprint density at radius 1 is 1.53 bits per heavy atom. The molecule has 0 unspecified atom stereocenters. The Morgan fingerprint density at radius 3 is 2.68 bits per heavy atom. The van der Waals surface area contributed by atoms with Crippen LogP contribution in [0, 0.1) is 18.2 Å². The van der Waals surface area contributed by atoms with Gasteiger partial charge in [0, 0.05) is 13.1 Å². The van der Waals surface area contributed by atoms with Gasteiger partial charge in [-0.05, 0) is 31.2 Å². The van der Waals surface area contributed by atoms with E-state index in [1.54, 1.807) is 19.1 Å². The second kappa shape index (κ2) is 5.27. The Morgan fingerprint density at radius 2 is 2.21 bits per heavy atom. The number of rotatable bonds is 5. The van der Waals surface area contributed by atoms with Crippen LogP contribution in [-0.2, 0) is 16.1 Å². The normalized spacial score (nSPS) is 17.3. The molecule has 0 spiro atoms. The zero-order valence-corrected chi connectivity index (χ0v) is 11.1. The molecule has 1 aromatic rings. The molecule has 104 valence electrons. The lowest BCUT2D eigenvalue weighted by Gasteiger charge is -2.40. The molecule has 0 atom stereocenters. The van der Waals surface area contributed by atoms with Crippen molar-refractivity contribution in [1.29, 1.82) is 0 Å². The van der Waals surface area contributed by atoms with Crippen LogP contribution < -0.4 is 0 Å². The van der Waals surface area contributed by atoms with Crippen LogP contribution in [0.1, 0.15) is 11.1 Å². The highest BCUT2D eigenvalue weighted by Crippen LogP contribution is 2.29. The van der Waals surface area contributed by atoms with E-state index in [9.17, 15) is 14.3 Å². The molecule has 1 heterocycles. The maximum Gasteiger partial charge on any atom is 0.315 e. The van der Waals surface area contributed by atoms with Gasteiger partial charge in [0.15, 0.2) is 0 Å². The second-order valence-electron chi connectivity index (χ2n) is 5.33. The lowest BCUT2D eigenvalue weighted by Crippen LogP contribution is -2.55. The van der Waals surface area contributed by atoms with E-state index in [0.29, 0.717) is 18.7 Å². The zero-order valence-electron chi connectivity index (χ0n) is 11.1. The van der Waals surface area contributed by atoms with Crippen molar-refractivity contribution < 1.29 is 19.0 Å². The highest BCUT2D eigenvalue weighted by Gasteiger charge is 2.46. The number of nitrogens with zero attached hydrogens (tertiary/aromatic N) is 1. The molecule has 0 aliphatic carbocycles. The topological polar surface area (TPSA) is 49.8 Å². The fourth-order valence-electron chi connectivity index (χ4n) is 2.32. The minimum absolute atomic E-state index is 0.221. The van der Waals surface area contributed by atoms with Crippen molar-refractivity contribution in [1.82, 2.24) is 4.90 Å². The molecule has 1 fully saturated rings. The number of benzene rings is 1. The van der Waals surface area contributed by atoms with Gasteiger partial charge in [-0.15, -0.1) is 0 Å². The summed E-state index contributed by atoms with van der Waals surface area (Å²) in [6, 6.07) is 4.96. The molecule has 5 heteroatoms. The molecule has 1 aromatic carbocycles. The summed E-state index contributed by atoms with van der Waals surface area (Å²) in [6.45, 7) is 3.26. The lowest BCUT2D eigenvalue weighted by atomic mass is 9.85. The summed E-state index contributed by atoms with van der Waals surface area (Å²) >= 11 is 0. The van der Waals surface area contributed by atoms with E-state index >= 15 is 0 Å². The van der Waals surface area contributed by atoms with Crippen molar-refractivity contribution in [2.75, 3.05) is 26.8 Å². The Balaban J connectivity index is 1.99. The molecule has 1 aliphatic heterocycles. The van der Waals surface area contributed by atoms with Gasteiger partial charge in [0.25, 0.3) is 0 Å². The molecule has 2 rings (SSSR count). The summed E-state index contributed by atoms with van der Waals surface area (Å²) < 4.78 is 18.2. The molecule has 1 N–H and O–H groups in total. The summed E-state index contributed by atoms with van der Waals surface area (Å²) in [5.74, 6) is -1.04. The molecule has 0 saturated carbocycles. The average Bonchev–Trinajstić information content (AvgIpc) is 2.28. The van der Waals surface area contributed by atoms with Gasteiger partial charge in [0.05, 0.1) is 13.2 Å². The van der Waals surface area contributed by atoms with Crippen molar-refractivity contribution >= 4 is 5.97 Å². The van der Waals surface area contributed by atoms with Gasteiger partial charge in [-0.2, -0.15) is 0 Å². The molecule has 0 radical (unpaired) electrons. The van der Waals surface area contributed by atoms with Crippen LogP contribution in [0.25, 0.3) is 0 Å². The monoisotopic (exact) mass is 267 g/mol. The van der Waals surface area contributed by atoms with E-state index in [0.717, 1.165) is 5.56 Å². The third-order valence-electron chi connectivity index (χ3n) is 3.46. The maximum absolute atomic E-state index is 13.2. The number of carboxylic acid groups (broad SMARTS) is 1. The molecule has 0 bridgehead atoms. The smallest absolute Gasteiger partial charge is 0.315 e. The van der Waals surface area contributed by atoms with E-state index in [-0.39, 0.29) is 19.0 Å². The van der Waals surface area contributed by atoms with E-state index in [4.69, 9.17) is 4.74 Å². The van der Waals surface area contributed by atoms with Crippen LogP contribution in [0.3, 0.4) is 0 Å². The summed E-state index contributed by atoms with van der Waals surface area (Å²) in [5.41, 5.74) is 0.789. The van der Waals surface area contributed by atoms with Crippen LogP contribution in [0.4, 0.5) is 4.39 Å². The van der Waals surface area contributed by atoms with Crippen LogP contribution in [-0.4, -0.2) is 42.8 Å². The molecule has 19 heavy (non-hydrogen) atoms. The van der Waals surface area contributed by atoms with E-state index in [1.807, 2.05) is 11.9 Å². The van der Waals surface area contributed by atoms with Gasteiger partial charge in [-0.1, -0.05) is 12.1 Å². The largest absolute Gasteiger partial charge is 0.481 e. The number of aliphatic carboxylic acids is 1. The van der Waals surface area contributed by atoms with Gasteiger partial charge in [-0.25, -0.2) is 4.39 Å². The fourth-order valence-corrected chi connectivity index (χ4v) is 2.32. The van der Waals surface area contributed by atoms with Gasteiger partial charge >= 0.3 is 5.97 Å². The molecular formula is C14H18FNO3. The number of carbonyl (C=O) groups is 1. The molecule has 0 aromatic heterocycles. The SMILES string of the molecule is Cc1cc(CN(C)CC2(C(=O)O)COC2)ccc1F.